The first-order valence-electron chi connectivity index (χ1n) is 44.5. The van der Waals surface area contributed by atoms with Crippen LogP contribution in [0.25, 0.3) is 55.8 Å². The van der Waals surface area contributed by atoms with Gasteiger partial charge in [0.2, 0.25) is 0 Å². The van der Waals surface area contributed by atoms with Crippen molar-refractivity contribution < 1.29 is 111 Å². The molecule has 9 atom stereocenters. The molecule has 9 unspecified atom stereocenters. The number of rotatable bonds is 14. The van der Waals surface area contributed by atoms with Gasteiger partial charge in [0.25, 0.3) is 0 Å². The van der Waals surface area contributed by atoms with Crippen LogP contribution >= 0.6 is 0 Å². The Labute approximate surface area is 770 Å². The van der Waals surface area contributed by atoms with E-state index in [1.54, 1.807) is 53.0 Å². The van der Waals surface area contributed by atoms with E-state index in [2.05, 4.69) is 155 Å². The molecular formula is C102H130Ir4N8O6-4. The van der Waals surface area contributed by atoms with Crippen LogP contribution in [0, 0.1) is 118 Å². The Kier molecular flexibility index (Phi) is 36.0. The Bertz CT molecular complexity index is 4170. The fourth-order valence-corrected chi connectivity index (χ4v) is 23.6. The summed E-state index contributed by atoms with van der Waals surface area (Å²) in [6.07, 6.45) is 33.4. The molecule has 14 saturated carbocycles. The number of hydrogen-bond donors (Lipinski definition) is 6. The van der Waals surface area contributed by atoms with Crippen molar-refractivity contribution >= 4 is 10.8 Å². The topological polar surface area (TPSA) is 224 Å². The van der Waals surface area contributed by atoms with Crippen LogP contribution in [0.4, 0.5) is 0 Å². The van der Waals surface area contributed by atoms with Crippen LogP contribution in [0.5, 0.6) is 0 Å². The van der Waals surface area contributed by atoms with Crippen LogP contribution in [0.3, 0.4) is 0 Å². The average Bonchev–Trinajstić information content (AvgIpc) is 0.833. The summed E-state index contributed by atoms with van der Waals surface area (Å²) in [5, 5.41) is 56.2. The molecular weight excluding hydrogens is 2200 g/mol. The van der Waals surface area contributed by atoms with Crippen molar-refractivity contribution in [3.05, 3.63) is 206 Å². The molecule has 14 bridgehead atoms. The van der Waals surface area contributed by atoms with E-state index >= 15 is 0 Å². The molecule has 4 radical (unpaired) electrons. The molecule has 4 heterocycles. The third-order valence-corrected chi connectivity index (χ3v) is 28.3. The molecule has 14 nitrogen and oxygen atoms in total. The van der Waals surface area contributed by atoms with Gasteiger partial charge in [-0.3, -0.25) is 19.9 Å². The number of benzene rings is 5. The quantitative estimate of drug-likeness (QED) is 0.0557. The Balaban J connectivity index is 0.000000152. The van der Waals surface area contributed by atoms with Crippen LogP contribution in [-0.2, 0) is 80.4 Å². The molecule has 0 spiro atoms. The van der Waals surface area contributed by atoms with E-state index in [0.29, 0.717) is 42.9 Å². The molecule has 9 aromatic rings. The first-order valence-corrected chi connectivity index (χ1v) is 44.5. The minimum atomic E-state index is -0.443. The van der Waals surface area contributed by atoms with Gasteiger partial charge in [-0.25, -0.2) is 19.9 Å². The van der Waals surface area contributed by atoms with E-state index in [1.165, 1.54) is 156 Å². The van der Waals surface area contributed by atoms with E-state index in [-0.39, 0.29) is 116 Å². The molecule has 14 aliphatic rings. The van der Waals surface area contributed by atoms with Gasteiger partial charge in [-0.15, -0.1) is 137 Å². The summed E-state index contributed by atoms with van der Waals surface area (Å²) in [6.45, 7) is 18.5. The van der Waals surface area contributed by atoms with Crippen LogP contribution in [0.15, 0.2) is 159 Å². The Morgan fingerprint density at radius 1 is 0.317 bits per heavy atom. The van der Waals surface area contributed by atoms with Crippen molar-refractivity contribution in [2.75, 3.05) is 0 Å². The summed E-state index contributed by atoms with van der Waals surface area (Å²) in [5.74, 6) is 15.8. The van der Waals surface area contributed by atoms with E-state index < -0.39 is 12.2 Å². The second-order valence-corrected chi connectivity index (χ2v) is 39.6. The van der Waals surface area contributed by atoms with Crippen LogP contribution in [0.1, 0.15) is 257 Å². The SMILES string of the molecule is CC(C)(C)C(O)CC(O)C(C)(C)C.CC(O)CC(C)O.CC(O)CC(C)O.[Ir].[Ir].[Ir].[Ir].[c-]1ccc2ccccc2c1-c1cc(C2CC3CCC2C3)ncn1.[c-]1ccccc1-c1cc(C2C3CC4CC(C3)CC2C4)ncn1.[c-]1ccccc1-c1cc(C2C3CC4CC(C3)CC2C4)ncn1.[c-]1ccccc1-c1cc(C2C3CC4CC(C3)CC2C4)ncn1. The van der Waals surface area contributed by atoms with Crippen molar-refractivity contribution in [2.45, 2.75) is 271 Å². The third kappa shape index (κ3) is 25.3. The zero-order chi connectivity index (χ0) is 81.4. The minimum Gasteiger partial charge on any atom is -0.393 e. The van der Waals surface area contributed by atoms with Crippen molar-refractivity contribution in [3.8, 4) is 45.0 Å². The van der Waals surface area contributed by atoms with Crippen molar-refractivity contribution in [1.82, 2.24) is 39.9 Å². The molecule has 0 saturated heterocycles. The number of aliphatic hydroxyl groups excluding tert-OH is 6. The summed E-state index contributed by atoms with van der Waals surface area (Å²) in [4.78, 5) is 36.7. The van der Waals surface area contributed by atoms with Crippen LogP contribution < -0.4 is 0 Å². The van der Waals surface area contributed by atoms with Crippen LogP contribution in [-0.4, -0.2) is 107 Å². The van der Waals surface area contributed by atoms with Gasteiger partial charge in [0.05, 0.1) is 36.6 Å². The van der Waals surface area contributed by atoms with Gasteiger partial charge < -0.3 is 30.6 Å². The maximum atomic E-state index is 9.76. The molecule has 23 rings (SSSR count). The smallest absolute Gasteiger partial charge is 0.105 e. The van der Waals surface area contributed by atoms with Crippen molar-refractivity contribution in [2.24, 2.45) is 93.7 Å². The van der Waals surface area contributed by atoms with E-state index in [1.807, 2.05) is 84.0 Å². The van der Waals surface area contributed by atoms with Gasteiger partial charge in [-0.2, -0.15) is 0 Å². The Morgan fingerprint density at radius 3 is 0.933 bits per heavy atom. The number of aliphatic hydroxyl groups is 6. The molecule has 4 aromatic heterocycles. The predicted octanol–water partition coefficient (Wildman–Crippen LogP) is 20.9. The summed E-state index contributed by atoms with van der Waals surface area (Å²) in [7, 11) is 0. The standard InChI is InChI=1S/C21H19N2.3C20H21N2.C11H24O2.2C5H12O2.4Ir/c1-2-6-17-15(4-1)5-3-7-18(17)20-12-21(23-13-22-20)19-11-14-8-9-16(19)10-14;3*1-2-4-15(5-3-1)18-11-19(22-12-21-18)20-16-7-13-6-14(9-16)10-17(20)8-13;1-10(2,3)8(12)7-9(13)11(4,5)6;2*1-4(6)3-5(2)7;;;;/h1-6,12-14,16,19H,8-11H2;3*1-4,11-14,16-17,20H,6-10H2;8-9,12-13H,7H2,1-6H3;2*4-7H,3H2,1-2H3;;;;/q4*-1;;;;;;;. The maximum absolute atomic E-state index is 9.76. The molecule has 14 fully saturated rings. The second kappa shape index (κ2) is 44.5. The summed E-state index contributed by atoms with van der Waals surface area (Å²) in [5.41, 5.74) is 13.2. The monoisotopic (exact) mass is 2330 g/mol. The summed E-state index contributed by atoms with van der Waals surface area (Å²) in [6, 6.07) is 59.0. The maximum Gasteiger partial charge on any atom is 0.105 e. The molecule has 654 valence electrons. The Morgan fingerprint density at radius 2 is 0.633 bits per heavy atom. The molecule has 6 N–H and O–H groups in total. The van der Waals surface area contributed by atoms with Gasteiger partial charge in [-0.05, 0) is 273 Å². The second-order valence-electron chi connectivity index (χ2n) is 39.6. The van der Waals surface area contributed by atoms with Crippen LogP contribution in [0.2, 0.25) is 0 Å². The Hall–Kier alpha value is -4.96. The number of nitrogens with zero attached hydrogens (tertiary/aromatic N) is 8. The number of hydrogen-bond acceptors (Lipinski definition) is 14. The molecule has 18 heteroatoms. The molecule has 14 aliphatic carbocycles. The van der Waals surface area contributed by atoms with E-state index in [0.717, 1.165) is 128 Å². The third-order valence-electron chi connectivity index (χ3n) is 28.3. The molecule has 0 amide bonds. The van der Waals surface area contributed by atoms with E-state index in [9.17, 15) is 10.2 Å². The summed E-state index contributed by atoms with van der Waals surface area (Å²) >= 11 is 0. The fraction of sp³-hybridized carbons (Fsp3) is 0.569. The molecule has 0 aliphatic heterocycles. The normalized spacial score (nSPS) is 28.8. The van der Waals surface area contributed by atoms with E-state index in [4.69, 9.17) is 20.4 Å². The average molecular weight is 2330 g/mol. The van der Waals surface area contributed by atoms with Gasteiger partial charge in [0, 0.05) is 133 Å². The summed E-state index contributed by atoms with van der Waals surface area (Å²) < 4.78 is 0. The number of aromatic nitrogens is 8. The fourth-order valence-electron chi connectivity index (χ4n) is 23.6. The van der Waals surface area contributed by atoms with Gasteiger partial charge in [-0.1, -0.05) is 102 Å². The van der Waals surface area contributed by atoms with Gasteiger partial charge in [0.15, 0.2) is 0 Å². The van der Waals surface area contributed by atoms with Gasteiger partial charge >= 0.3 is 0 Å². The molecule has 5 aromatic carbocycles. The first kappa shape index (κ1) is 97.2. The zero-order valence-electron chi connectivity index (χ0n) is 72.0. The van der Waals surface area contributed by atoms with Crippen molar-refractivity contribution in [3.63, 3.8) is 0 Å². The predicted molar refractivity (Wildman–Crippen MR) is 462 cm³/mol. The number of fused-ring (bicyclic) bond motifs is 3. The van der Waals surface area contributed by atoms with Crippen molar-refractivity contribution in [1.29, 1.82) is 0 Å². The minimum absolute atomic E-state index is 0. The first-order chi connectivity index (χ1) is 55.8. The molecule has 120 heavy (non-hydrogen) atoms. The zero-order valence-corrected chi connectivity index (χ0v) is 81.6. The van der Waals surface area contributed by atoms with Gasteiger partial charge in [0.1, 0.15) is 25.3 Å². The largest absolute Gasteiger partial charge is 0.393 e.